The van der Waals surface area contributed by atoms with E-state index in [9.17, 15) is 22.4 Å². The minimum Gasteiger partial charge on any atom is -0.508 e. The highest BCUT2D eigenvalue weighted by Gasteiger charge is 2.44. The number of hydrogen-bond donors (Lipinski definition) is 2. The zero-order chi connectivity index (χ0) is 16.4. The number of amides is 1. The van der Waals surface area contributed by atoms with Crippen molar-refractivity contribution in [3.63, 3.8) is 0 Å². The first-order valence-electron chi connectivity index (χ1n) is 5.95. The number of alkyl halides is 3. The molecule has 1 atom stereocenters. The SMILES string of the molecule is CC(C)(C)OC(=O)N[C@H](c1ccc(O)cc1F)C(F)(F)F. The van der Waals surface area contributed by atoms with Crippen molar-refractivity contribution in [3.05, 3.63) is 29.6 Å². The largest absolute Gasteiger partial charge is 0.508 e. The number of carbonyl (C=O) groups excluding carboxylic acids is 1. The van der Waals surface area contributed by atoms with Crippen molar-refractivity contribution in [3.8, 4) is 5.75 Å². The molecule has 1 rings (SSSR count). The second-order valence-electron chi connectivity index (χ2n) is 5.33. The van der Waals surface area contributed by atoms with Gasteiger partial charge in [-0.2, -0.15) is 13.2 Å². The zero-order valence-electron chi connectivity index (χ0n) is 11.6. The molecular formula is C13H15F4NO3. The van der Waals surface area contributed by atoms with Crippen LogP contribution in [0.25, 0.3) is 0 Å². The summed E-state index contributed by atoms with van der Waals surface area (Å²) in [5.74, 6) is -1.80. The van der Waals surface area contributed by atoms with E-state index in [1.165, 1.54) is 20.8 Å². The summed E-state index contributed by atoms with van der Waals surface area (Å²) in [6, 6.07) is -0.396. The monoisotopic (exact) mass is 309 g/mol. The van der Waals surface area contributed by atoms with Crippen LogP contribution in [-0.4, -0.2) is 23.0 Å². The summed E-state index contributed by atoms with van der Waals surface area (Å²) in [7, 11) is 0. The lowest BCUT2D eigenvalue weighted by molar-refractivity contribution is -0.157. The lowest BCUT2D eigenvalue weighted by Crippen LogP contribution is -2.41. The molecule has 1 aromatic carbocycles. The molecule has 118 valence electrons. The Hall–Kier alpha value is -1.99. The van der Waals surface area contributed by atoms with Crippen molar-refractivity contribution in [1.82, 2.24) is 5.32 Å². The summed E-state index contributed by atoms with van der Waals surface area (Å²) < 4.78 is 57.2. The average molecular weight is 309 g/mol. The summed E-state index contributed by atoms with van der Waals surface area (Å²) in [6.45, 7) is 4.45. The van der Waals surface area contributed by atoms with Gasteiger partial charge in [-0.25, -0.2) is 9.18 Å². The Morgan fingerprint density at radius 2 is 1.86 bits per heavy atom. The first kappa shape index (κ1) is 17.1. The molecule has 4 nitrogen and oxygen atoms in total. The number of nitrogens with one attached hydrogen (secondary N) is 1. The molecule has 0 aliphatic carbocycles. The van der Waals surface area contributed by atoms with Gasteiger partial charge in [-0.15, -0.1) is 0 Å². The van der Waals surface area contributed by atoms with Crippen LogP contribution >= 0.6 is 0 Å². The van der Waals surface area contributed by atoms with Crippen LogP contribution in [-0.2, 0) is 4.74 Å². The minimum absolute atomic E-state index is 0.519. The topological polar surface area (TPSA) is 58.6 Å². The quantitative estimate of drug-likeness (QED) is 0.820. The van der Waals surface area contributed by atoms with E-state index in [0.29, 0.717) is 6.07 Å². The average Bonchev–Trinajstić information content (AvgIpc) is 2.22. The number of alkyl carbamates (subject to hydrolysis) is 1. The van der Waals surface area contributed by atoms with Gasteiger partial charge in [0.2, 0.25) is 0 Å². The molecule has 0 unspecified atom stereocenters. The van der Waals surface area contributed by atoms with Crippen molar-refractivity contribution in [2.75, 3.05) is 0 Å². The molecule has 0 saturated carbocycles. The summed E-state index contributed by atoms with van der Waals surface area (Å²) in [4.78, 5) is 11.5. The van der Waals surface area contributed by atoms with E-state index < -0.39 is 41.0 Å². The summed E-state index contributed by atoms with van der Waals surface area (Å²) in [5, 5.41) is 10.6. The molecule has 0 heterocycles. The Morgan fingerprint density at radius 3 is 2.29 bits per heavy atom. The maximum absolute atomic E-state index is 13.6. The van der Waals surface area contributed by atoms with Crippen LogP contribution in [0.1, 0.15) is 32.4 Å². The van der Waals surface area contributed by atoms with Gasteiger partial charge < -0.3 is 15.2 Å². The highest BCUT2D eigenvalue weighted by Crippen LogP contribution is 2.35. The fraction of sp³-hybridized carbons (Fsp3) is 0.462. The van der Waals surface area contributed by atoms with Gasteiger partial charge in [-0.3, -0.25) is 0 Å². The van der Waals surface area contributed by atoms with Crippen LogP contribution in [0.5, 0.6) is 5.75 Å². The van der Waals surface area contributed by atoms with Crippen molar-refractivity contribution in [2.45, 2.75) is 38.6 Å². The number of aromatic hydroxyl groups is 1. The van der Waals surface area contributed by atoms with Gasteiger partial charge in [-0.05, 0) is 26.8 Å². The van der Waals surface area contributed by atoms with Gasteiger partial charge >= 0.3 is 12.3 Å². The Kier molecular flexibility index (Phi) is 4.70. The van der Waals surface area contributed by atoms with E-state index in [0.717, 1.165) is 12.1 Å². The molecule has 0 radical (unpaired) electrons. The highest BCUT2D eigenvalue weighted by molar-refractivity contribution is 5.68. The van der Waals surface area contributed by atoms with Crippen LogP contribution in [0.3, 0.4) is 0 Å². The molecular weight excluding hydrogens is 294 g/mol. The van der Waals surface area contributed by atoms with Gasteiger partial charge in [0.25, 0.3) is 0 Å². The van der Waals surface area contributed by atoms with Crippen LogP contribution < -0.4 is 5.32 Å². The minimum atomic E-state index is -4.92. The van der Waals surface area contributed by atoms with E-state index in [2.05, 4.69) is 0 Å². The molecule has 1 aromatic rings. The summed E-state index contributed by atoms with van der Waals surface area (Å²) in [5.41, 5.74) is -1.81. The number of phenols is 1. The van der Waals surface area contributed by atoms with E-state index in [1.807, 2.05) is 0 Å². The molecule has 0 aliphatic heterocycles. The van der Waals surface area contributed by atoms with Crippen LogP contribution in [0.2, 0.25) is 0 Å². The van der Waals surface area contributed by atoms with Crippen LogP contribution in [0, 0.1) is 5.82 Å². The van der Waals surface area contributed by atoms with Gasteiger partial charge in [-0.1, -0.05) is 6.07 Å². The molecule has 0 aliphatic rings. The first-order chi connectivity index (χ1) is 9.40. The van der Waals surface area contributed by atoms with E-state index >= 15 is 0 Å². The maximum atomic E-state index is 13.6. The lowest BCUT2D eigenvalue weighted by atomic mass is 10.1. The second-order valence-corrected chi connectivity index (χ2v) is 5.33. The standard InChI is InChI=1S/C13H15F4NO3/c1-12(2,3)21-11(20)18-10(13(15,16)17)8-5-4-7(19)6-9(8)14/h4-6,10,19H,1-3H3,(H,18,20)/t10-/m1/s1. The number of ether oxygens (including phenoxy) is 1. The fourth-order valence-corrected chi connectivity index (χ4v) is 1.51. The smallest absolute Gasteiger partial charge is 0.413 e. The van der Waals surface area contributed by atoms with Gasteiger partial charge in [0, 0.05) is 11.6 Å². The Labute approximate surface area is 118 Å². The number of phenolic OH excluding ortho intramolecular Hbond substituents is 1. The molecule has 0 saturated heterocycles. The molecule has 0 bridgehead atoms. The Bertz CT molecular complexity index is 523. The van der Waals surface area contributed by atoms with Gasteiger partial charge in [0.1, 0.15) is 17.2 Å². The number of benzene rings is 1. The second kappa shape index (κ2) is 5.79. The molecule has 0 spiro atoms. The van der Waals surface area contributed by atoms with E-state index in [4.69, 9.17) is 9.84 Å². The number of carbonyl (C=O) groups is 1. The predicted molar refractivity (Wildman–Crippen MR) is 66.2 cm³/mol. The van der Waals surface area contributed by atoms with Crippen molar-refractivity contribution in [2.24, 2.45) is 0 Å². The number of rotatable bonds is 2. The van der Waals surface area contributed by atoms with Gasteiger partial charge in [0.05, 0.1) is 0 Å². The molecule has 1 amide bonds. The highest BCUT2D eigenvalue weighted by atomic mass is 19.4. The van der Waals surface area contributed by atoms with Gasteiger partial charge in [0.15, 0.2) is 6.04 Å². The van der Waals surface area contributed by atoms with Crippen molar-refractivity contribution < 1.29 is 32.2 Å². The molecule has 0 aromatic heterocycles. The number of halogens is 4. The lowest BCUT2D eigenvalue weighted by Gasteiger charge is -2.25. The third-order valence-corrected chi connectivity index (χ3v) is 2.28. The maximum Gasteiger partial charge on any atom is 0.413 e. The van der Waals surface area contributed by atoms with Crippen molar-refractivity contribution in [1.29, 1.82) is 0 Å². The summed E-state index contributed by atoms with van der Waals surface area (Å²) in [6.07, 6.45) is -6.24. The Morgan fingerprint density at radius 1 is 1.29 bits per heavy atom. The fourth-order valence-electron chi connectivity index (χ4n) is 1.51. The Balaban J connectivity index is 3.05. The predicted octanol–water partition coefficient (Wildman–Crippen LogP) is 3.66. The molecule has 21 heavy (non-hydrogen) atoms. The van der Waals surface area contributed by atoms with E-state index in [-0.39, 0.29) is 0 Å². The normalized spacial score (nSPS) is 13.7. The van der Waals surface area contributed by atoms with Crippen molar-refractivity contribution >= 4 is 6.09 Å². The third-order valence-electron chi connectivity index (χ3n) is 2.28. The third kappa shape index (κ3) is 5.13. The van der Waals surface area contributed by atoms with Crippen LogP contribution in [0.15, 0.2) is 18.2 Å². The molecule has 8 heteroatoms. The zero-order valence-corrected chi connectivity index (χ0v) is 11.6. The molecule has 0 fully saturated rings. The first-order valence-corrected chi connectivity index (χ1v) is 5.95. The summed E-state index contributed by atoms with van der Waals surface area (Å²) >= 11 is 0. The van der Waals surface area contributed by atoms with Crippen LogP contribution in [0.4, 0.5) is 22.4 Å². The number of hydrogen-bond acceptors (Lipinski definition) is 3. The molecule has 2 N–H and O–H groups in total. The van der Waals surface area contributed by atoms with E-state index in [1.54, 1.807) is 5.32 Å².